The summed E-state index contributed by atoms with van der Waals surface area (Å²) >= 11 is 0. The molecule has 0 spiro atoms. The molecule has 1 aromatic heterocycles. The number of hydrogen-bond donors (Lipinski definition) is 0. The number of ether oxygens (including phenoxy) is 1. The van der Waals surface area contributed by atoms with Crippen molar-refractivity contribution in [2.24, 2.45) is 0 Å². The first kappa shape index (κ1) is 15.7. The molecule has 1 unspecified atom stereocenters. The normalized spacial score (nSPS) is 19.5. The first-order valence-electron chi connectivity index (χ1n) is 7.55. The number of aromatic nitrogens is 1. The van der Waals surface area contributed by atoms with Crippen LogP contribution in [0.4, 0.5) is 5.82 Å². The molecule has 21 heavy (non-hydrogen) atoms. The predicted octanol–water partition coefficient (Wildman–Crippen LogP) is 1.81. The van der Waals surface area contributed by atoms with Crippen LogP contribution in [0.5, 0.6) is 0 Å². The molecule has 0 bridgehead atoms. The Morgan fingerprint density at radius 2 is 2.24 bits per heavy atom. The van der Waals surface area contributed by atoms with Crippen LogP contribution in [0.1, 0.15) is 24.6 Å². The van der Waals surface area contributed by atoms with Crippen LogP contribution >= 0.6 is 0 Å². The van der Waals surface area contributed by atoms with Gasteiger partial charge >= 0.3 is 0 Å². The van der Waals surface area contributed by atoms with Crippen molar-refractivity contribution in [3.63, 3.8) is 0 Å². The van der Waals surface area contributed by atoms with Crippen LogP contribution < -0.4 is 4.90 Å². The summed E-state index contributed by atoms with van der Waals surface area (Å²) < 4.78 is 5.19. The number of nitriles is 1. The molecule has 0 amide bonds. The molecule has 0 aliphatic carbocycles. The van der Waals surface area contributed by atoms with Crippen LogP contribution in [0, 0.1) is 18.3 Å². The van der Waals surface area contributed by atoms with Crippen LogP contribution in [-0.4, -0.2) is 55.8 Å². The van der Waals surface area contributed by atoms with Crippen LogP contribution in [0.15, 0.2) is 12.1 Å². The summed E-state index contributed by atoms with van der Waals surface area (Å²) in [4.78, 5) is 9.27. The van der Waals surface area contributed by atoms with E-state index in [9.17, 15) is 0 Å². The minimum Gasteiger partial charge on any atom is -0.383 e. The van der Waals surface area contributed by atoms with Crippen molar-refractivity contribution in [2.75, 3.05) is 44.8 Å². The number of piperazine rings is 1. The highest BCUT2D eigenvalue weighted by atomic mass is 16.5. The van der Waals surface area contributed by atoms with E-state index >= 15 is 0 Å². The molecule has 5 heteroatoms. The zero-order valence-corrected chi connectivity index (χ0v) is 13.2. The number of pyridine rings is 1. The molecule has 1 fully saturated rings. The third-order valence-corrected chi connectivity index (χ3v) is 4.17. The van der Waals surface area contributed by atoms with Crippen molar-refractivity contribution < 1.29 is 4.74 Å². The molecule has 1 aliphatic rings. The molecule has 2 rings (SSSR count). The van der Waals surface area contributed by atoms with E-state index in [1.54, 1.807) is 7.11 Å². The quantitative estimate of drug-likeness (QED) is 0.827. The molecular weight excluding hydrogens is 264 g/mol. The molecule has 0 radical (unpaired) electrons. The largest absolute Gasteiger partial charge is 0.383 e. The number of hydrogen-bond acceptors (Lipinski definition) is 5. The van der Waals surface area contributed by atoms with E-state index < -0.39 is 0 Å². The average molecular weight is 288 g/mol. The molecule has 0 aromatic carbocycles. The van der Waals surface area contributed by atoms with Gasteiger partial charge in [0, 0.05) is 39.3 Å². The Morgan fingerprint density at radius 3 is 2.90 bits per heavy atom. The molecule has 1 aliphatic heterocycles. The third kappa shape index (κ3) is 3.72. The summed E-state index contributed by atoms with van der Waals surface area (Å²) in [7, 11) is 1.75. The third-order valence-electron chi connectivity index (χ3n) is 4.17. The molecule has 0 saturated carbocycles. The summed E-state index contributed by atoms with van der Waals surface area (Å²) in [6.45, 7) is 8.82. The van der Waals surface area contributed by atoms with E-state index in [0.29, 0.717) is 11.7 Å². The van der Waals surface area contributed by atoms with Crippen LogP contribution in [0.25, 0.3) is 0 Å². The van der Waals surface area contributed by atoms with E-state index in [2.05, 4.69) is 27.8 Å². The van der Waals surface area contributed by atoms with Gasteiger partial charge in [0.05, 0.1) is 6.61 Å². The van der Waals surface area contributed by atoms with Crippen molar-refractivity contribution >= 4 is 5.82 Å². The number of rotatable bonds is 5. The van der Waals surface area contributed by atoms with Crippen molar-refractivity contribution in [1.29, 1.82) is 5.26 Å². The Kier molecular flexibility index (Phi) is 5.54. The van der Waals surface area contributed by atoms with Crippen molar-refractivity contribution in [2.45, 2.75) is 26.3 Å². The molecular formula is C16H24N4O. The van der Waals surface area contributed by atoms with Gasteiger partial charge in [0.1, 0.15) is 17.6 Å². The second-order valence-electron chi connectivity index (χ2n) is 5.48. The van der Waals surface area contributed by atoms with Crippen molar-refractivity contribution in [3.8, 4) is 6.07 Å². The van der Waals surface area contributed by atoms with Gasteiger partial charge in [0.2, 0.25) is 0 Å². The molecule has 0 N–H and O–H groups in total. The highest BCUT2D eigenvalue weighted by molar-refractivity contribution is 5.45. The number of aryl methyl sites for hydroxylation is 1. The Bertz CT molecular complexity index is 511. The van der Waals surface area contributed by atoms with Gasteiger partial charge in [-0.2, -0.15) is 5.26 Å². The van der Waals surface area contributed by atoms with Gasteiger partial charge in [-0.3, -0.25) is 4.90 Å². The zero-order chi connectivity index (χ0) is 15.2. The first-order valence-corrected chi connectivity index (χ1v) is 7.55. The molecule has 114 valence electrons. The van der Waals surface area contributed by atoms with E-state index in [-0.39, 0.29) is 0 Å². The lowest BCUT2D eigenvalue weighted by Crippen LogP contribution is -2.54. The van der Waals surface area contributed by atoms with Crippen LogP contribution in [0.2, 0.25) is 0 Å². The summed E-state index contributed by atoms with van der Waals surface area (Å²) in [5.74, 6) is 0.919. The molecule has 1 atom stereocenters. The smallest absolute Gasteiger partial charge is 0.145 e. The SMILES string of the molecule is CCC1CN(c2ccc(C)c(C#N)n2)CCN1CCOC. The van der Waals surface area contributed by atoms with Crippen molar-refractivity contribution in [1.82, 2.24) is 9.88 Å². The fraction of sp³-hybridized carbons (Fsp3) is 0.625. The van der Waals surface area contributed by atoms with Crippen LogP contribution in [-0.2, 0) is 4.74 Å². The van der Waals surface area contributed by atoms with Gasteiger partial charge in [-0.05, 0) is 25.0 Å². The second kappa shape index (κ2) is 7.39. The van der Waals surface area contributed by atoms with Gasteiger partial charge in [-0.25, -0.2) is 4.98 Å². The lowest BCUT2D eigenvalue weighted by Gasteiger charge is -2.41. The minimum absolute atomic E-state index is 0.516. The Balaban J connectivity index is 2.08. The molecule has 1 saturated heterocycles. The minimum atomic E-state index is 0.516. The van der Waals surface area contributed by atoms with Gasteiger partial charge in [0.25, 0.3) is 0 Å². The number of methoxy groups -OCH3 is 1. The van der Waals surface area contributed by atoms with E-state index in [0.717, 1.165) is 50.6 Å². The number of anilines is 1. The van der Waals surface area contributed by atoms with Crippen molar-refractivity contribution in [3.05, 3.63) is 23.4 Å². The Hall–Kier alpha value is -1.64. The summed E-state index contributed by atoms with van der Waals surface area (Å²) in [6.07, 6.45) is 1.11. The van der Waals surface area contributed by atoms with Gasteiger partial charge in [-0.1, -0.05) is 13.0 Å². The highest BCUT2D eigenvalue weighted by Crippen LogP contribution is 2.20. The van der Waals surface area contributed by atoms with E-state index in [1.165, 1.54) is 0 Å². The lowest BCUT2D eigenvalue weighted by atomic mass is 10.1. The summed E-state index contributed by atoms with van der Waals surface area (Å²) in [5, 5.41) is 9.13. The monoisotopic (exact) mass is 288 g/mol. The maximum Gasteiger partial charge on any atom is 0.145 e. The highest BCUT2D eigenvalue weighted by Gasteiger charge is 2.26. The standard InChI is InChI=1S/C16H24N4O/c1-4-14-12-20(8-7-19(14)9-10-21-3)16-6-5-13(2)15(11-17)18-16/h5-6,14H,4,7-10,12H2,1-3H3. The molecule has 2 heterocycles. The molecule has 1 aromatic rings. The fourth-order valence-electron chi connectivity index (χ4n) is 2.80. The van der Waals surface area contributed by atoms with Gasteiger partial charge in [-0.15, -0.1) is 0 Å². The Morgan fingerprint density at radius 1 is 1.43 bits per heavy atom. The van der Waals surface area contributed by atoms with Gasteiger partial charge < -0.3 is 9.64 Å². The van der Waals surface area contributed by atoms with Crippen LogP contribution in [0.3, 0.4) is 0 Å². The maximum absolute atomic E-state index is 9.13. The maximum atomic E-state index is 9.13. The zero-order valence-electron chi connectivity index (χ0n) is 13.2. The first-order chi connectivity index (χ1) is 10.2. The topological polar surface area (TPSA) is 52.4 Å². The lowest BCUT2D eigenvalue weighted by molar-refractivity contribution is 0.109. The van der Waals surface area contributed by atoms with Gasteiger partial charge in [0.15, 0.2) is 0 Å². The van der Waals surface area contributed by atoms with E-state index in [4.69, 9.17) is 10.00 Å². The average Bonchev–Trinajstić information content (AvgIpc) is 2.53. The number of nitrogens with zero attached hydrogens (tertiary/aromatic N) is 4. The summed E-state index contributed by atoms with van der Waals surface area (Å²) in [5.41, 5.74) is 1.47. The van der Waals surface area contributed by atoms with E-state index in [1.807, 2.05) is 19.1 Å². The fourth-order valence-corrected chi connectivity index (χ4v) is 2.80. The molecule has 5 nitrogen and oxygen atoms in total. The summed E-state index contributed by atoms with van der Waals surface area (Å²) in [6, 6.07) is 6.69. The predicted molar refractivity (Wildman–Crippen MR) is 83.4 cm³/mol. The Labute approximate surface area is 127 Å². The second-order valence-corrected chi connectivity index (χ2v) is 5.48.